The monoisotopic (exact) mass is 281 g/mol. The lowest BCUT2D eigenvalue weighted by atomic mass is 9.89. The maximum Gasteiger partial charge on any atom is 0.0956 e. The fourth-order valence-electron chi connectivity index (χ4n) is 2.93. The summed E-state index contributed by atoms with van der Waals surface area (Å²) in [6.45, 7) is 4.38. The minimum Gasteiger partial charge on any atom is -0.382 e. The molecule has 0 amide bonds. The van der Waals surface area contributed by atoms with Crippen molar-refractivity contribution in [2.75, 3.05) is 25.1 Å². The van der Waals surface area contributed by atoms with Gasteiger partial charge in [0, 0.05) is 36.4 Å². The molecule has 2 unspecified atom stereocenters. The lowest BCUT2D eigenvalue weighted by Crippen LogP contribution is -2.44. The predicted molar refractivity (Wildman–Crippen MR) is 77.0 cm³/mol. The molecule has 2 atom stereocenters. The normalized spacial score (nSPS) is 30.7. The van der Waals surface area contributed by atoms with Crippen molar-refractivity contribution < 1.29 is 9.47 Å². The van der Waals surface area contributed by atoms with Crippen molar-refractivity contribution in [3.8, 4) is 0 Å². The van der Waals surface area contributed by atoms with Gasteiger partial charge in [0.15, 0.2) is 0 Å². The van der Waals surface area contributed by atoms with Gasteiger partial charge in [0.2, 0.25) is 0 Å². The Morgan fingerprint density at radius 1 is 1.37 bits per heavy atom. The first kappa shape index (κ1) is 13.2. The van der Waals surface area contributed by atoms with Gasteiger partial charge in [0.1, 0.15) is 0 Å². The Kier molecular flexibility index (Phi) is 3.70. The van der Waals surface area contributed by atoms with Gasteiger partial charge in [-0.25, -0.2) is 0 Å². The maximum atomic E-state index is 6.17. The van der Waals surface area contributed by atoms with Gasteiger partial charge in [-0.2, -0.15) is 0 Å². The second kappa shape index (κ2) is 5.31. The second-order valence-electron chi connectivity index (χ2n) is 5.63. The van der Waals surface area contributed by atoms with Crippen molar-refractivity contribution >= 4 is 17.3 Å². The maximum absolute atomic E-state index is 6.17. The molecule has 0 aliphatic carbocycles. The lowest BCUT2D eigenvalue weighted by molar-refractivity contribution is -0.0828. The van der Waals surface area contributed by atoms with Gasteiger partial charge in [-0.3, -0.25) is 0 Å². The van der Waals surface area contributed by atoms with Crippen LogP contribution in [-0.4, -0.2) is 31.5 Å². The Morgan fingerprint density at radius 3 is 3.00 bits per heavy atom. The molecule has 2 aliphatic rings. The van der Waals surface area contributed by atoms with Crippen LogP contribution in [0, 0.1) is 6.92 Å². The summed E-state index contributed by atoms with van der Waals surface area (Å²) in [5, 5.41) is 4.40. The van der Waals surface area contributed by atoms with Crippen molar-refractivity contribution in [1.29, 1.82) is 0 Å². The number of halogens is 1. The molecule has 0 bridgehead atoms. The van der Waals surface area contributed by atoms with E-state index >= 15 is 0 Å². The Bertz CT molecular complexity index is 457. The van der Waals surface area contributed by atoms with Crippen LogP contribution in [0.25, 0.3) is 0 Å². The molecule has 3 nitrogen and oxygen atoms in total. The summed E-state index contributed by atoms with van der Waals surface area (Å²) >= 11 is 6.17. The molecule has 0 aromatic heterocycles. The van der Waals surface area contributed by atoms with Crippen LogP contribution in [0.5, 0.6) is 0 Å². The highest BCUT2D eigenvalue weighted by atomic mass is 35.5. The second-order valence-corrected chi connectivity index (χ2v) is 6.04. The van der Waals surface area contributed by atoms with Gasteiger partial charge in [-0.05, 0) is 37.5 Å². The molecular weight excluding hydrogens is 262 g/mol. The highest BCUT2D eigenvalue weighted by Gasteiger charge is 2.40. The summed E-state index contributed by atoms with van der Waals surface area (Å²) < 4.78 is 11.4. The van der Waals surface area contributed by atoms with Gasteiger partial charge in [-0.15, -0.1) is 0 Å². The molecule has 0 saturated carbocycles. The molecule has 2 heterocycles. The van der Waals surface area contributed by atoms with Crippen LogP contribution in [0.4, 0.5) is 5.69 Å². The Hall–Kier alpha value is -0.770. The van der Waals surface area contributed by atoms with E-state index in [0.29, 0.717) is 6.04 Å². The Balaban J connectivity index is 1.67. The molecule has 4 heteroatoms. The lowest BCUT2D eigenvalue weighted by Gasteiger charge is -2.37. The van der Waals surface area contributed by atoms with Crippen LogP contribution in [0.15, 0.2) is 18.2 Å². The summed E-state index contributed by atoms with van der Waals surface area (Å²) in [7, 11) is 0. The fourth-order valence-corrected chi connectivity index (χ4v) is 3.11. The van der Waals surface area contributed by atoms with E-state index in [1.165, 1.54) is 0 Å². The van der Waals surface area contributed by atoms with E-state index in [-0.39, 0.29) is 5.60 Å². The van der Waals surface area contributed by atoms with E-state index in [2.05, 4.69) is 17.4 Å². The minimum absolute atomic E-state index is 0.0512. The molecule has 0 radical (unpaired) electrons. The third kappa shape index (κ3) is 2.88. The van der Waals surface area contributed by atoms with E-state index in [9.17, 15) is 0 Å². The van der Waals surface area contributed by atoms with Crippen molar-refractivity contribution in [2.45, 2.75) is 37.8 Å². The number of aryl methyl sites for hydroxylation is 1. The van der Waals surface area contributed by atoms with Crippen LogP contribution in [0.2, 0.25) is 5.02 Å². The quantitative estimate of drug-likeness (QED) is 0.901. The molecule has 2 aliphatic heterocycles. The van der Waals surface area contributed by atoms with E-state index in [1.807, 2.05) is 13.0 Å². The van der Waals surface area contributed by atoms with Gasteiger partial charge in [-0.1, -0.05) is 17.7 Å². The first-order valence-corrected chi connectivity index (χ1v) is 7.29. The zero-order valence-electron chi connectivity index (χ0n) is 11.2. The highest BCUT2D eigenvalue weighted by molar-refractivity contribution is 6.31. The van der Waals surface area contributed by atoms with Crippen LogP contribution in [0.1, 0.15) is 24.8 Å². The van der Waals surface area contributed by atoms with Crippen LogP contribution >= 0.6 is 11.6 Å². The first-order chi connectivity index (χ1) is 9.17. The van der Waals surface area contributed by atoms with Crippen molar-refractivity contribution in [3.05, 3.63) is 28.8 Å². The molecule has 1 N–H and O–H groups in total. The largest absolute Gasteiger partial charge is 0.382 e. The van der Waals surface area contributed by atoms with E-state index in [4.69, 9.17) is 21.1 Å². The third-order valence-electron chi connectivity index (χ3n) is 4.10. The topological polar surface area (TPSA) is 30.5 Å². The molecule has 3 rings (SSSR count). The summed E-state index contributed by atoms with van der Waals surface area (Å²) in [5.74, 6) is 0. The van der Waals surface area contributed by atoms with Gasteiger partial charge >= 0.3 is 0 Å². The predicted octanol–water partition coefficient (Wildman–Crippen LogP) is 3.40. The van der Waals surface area contributed by atoms with Crippen LogP contribution in [-0.2, 0) is 9.47 Å². The van der Waals surface area contributed by atoms with Crippen molar-refractivity contribution in [1.82, 2.24) is 0 Å². The summed E-state index contributed by atoms with van der Waals surface area (Å²) in [6, 6.07) is 6.59. The van der Waals surface area contributed by atoms with Crippen molar-refractivity contribution in [3.63, 3.8) is 0 Å². The number of benzene rings is 1. The number of nitrogens with one attached hydrogen (secondary N) is 1. The molecule has 19 heavy (non-hydrogen) atoms. The zero-order valence-corrected chi connectivity index (χ0v) is 12.0. The van der Waals surface area contributed by atoms with E-state index < -0.39 is 0 Å². The van der Waals surface area contributed by atoms with Crippen molar-refractivity contribution in [2.24, 2.45) is 0 Å². The number of hydrogen-bond acceptors (Lipinski definition) is 3. The van der Waals surface area contributed by atoms with Gasteiger partial charge in [0.05, 0.1) is 12.2 Å². The fraction of sp³-hybridized carbons (Fsp3) is 0.600. The number of anilines is 1. The molecule has 104 valence electrons. The average molecular weight is 282 g/mol. The summed E-state index contributed by atoms with van der Waals surface area (Å²) in [5.41, 5.74) is 2.15. The van der Waals surface area contributed by atoms with E-state index in [0.717, 1.165) is 55.4 Å². The number of ether oxygens (including phenoxy) is 2. The average Bonchev–Trinajstić information content (AvgIpc) is 2.82. The molecule has 2 saturated heterocycles. The Morgan fingerprint density at radius 2 is 2.26 bits per heavy atom. The van der Waals surface area contributed by atoms with Crippen LogP contribution in [0.3, 0.4) is 0 Å². The van der Waals surface area contributed by atoms with E-state index in [1.54, 1.807) is 0 Å². The number of rotatable bonds is 2. The molecule has 1 aromatic carbocycles. The molecule has 1 aromatic rings. The standard InChI is InChI=1S/C15H20ClNO2/c1-11-2-3-12(8-14(11)16)17-13-4-6-19-15(9-13)5-7-18-10-15/h2-3,8,13,17H,4-7,9-10H2,1H3. The Labute approximate surface area is 119 Å². The third-order valence-corrected chi connectivity index (χ3v) is 4.51. The van der Waals surface area contributed by atoms with Gasteiger partial charge < -0.3 is 14.8 Å². The highest BCUT2D eigenvalue weighted by Crippen LogP contribution is 2.34. The summed E-state index contributed by atoms with van der Waals surface area (Å²) in [4.78, 5) is 0. The minimum atomic E-state index is -0.0512. The molecule has 2 fully saturated rings. The van der Waals surface area contributed by atoms with Gasteiger partial charge in [0.25, 0.3) is 0 Å². The molecule has 1 spiro atoms. The summed E-state index contributed by atoms with van der Waals surface area (Å²) in [6.07, 6.45) is 3.06. The zero-order chi connectivity index (χ0) is 13.3. The first-order valence-electron chi connectivity index (χ1n) is 6.91. The SMILES string of the molecule is Cc1ccc(NC2CCOC3(CCOC3)C2)cc1Cl. The molecular formula is C15H20ClNO2. The number of hydrogen-bond donors (Lipinski definition) is 1. The smallest absolute Gasteiger partial charge is 0.0956 e. The van der Waals surface area contributed by atoms with Crippen LogP contribution < -0.4 is 5.32 Å².